The summed E-state index contributed by atoms with van der Waals surface area (Å²) < 4.78 is 44.7. The van der Waals surface area contributed by atoms with Crippen molar-refractivity contribution in [2.24, 2.45) is 0 Å². The molecule has 3 rings (SSSR count). The van der Waals surface area contributed by atoms with Crippen molar-refractivity contribution in [3.8, 4) is 0 Å². The van der Waals surface area contributed by atoms with Gasteiger partial charge < -0.3 is 15.0 Å². The maximum absolute atomic E-state index is 12.6. The van der Waals surface area contributed by atoms with Crippen LogP contribution >= 0.6 is 0 Å². The molecular weight excluding hydrogens is 337 g/mol. The van der Waals surface area contributed by atoms with Crippen molar-refractivity contribution in [1.29, 1.82) is 0 Å². The number of alkyl halides is 3. The molecule has 25 heavy (non-hydrogen) atoms. The molecule has 2 fully saturated rings. The number of nitrogens with one attached hydrogen (secondary N) is 1. The molecule has 6 nitrogen and oxygen atoms in total. The van der Waals surface area contributed by atoms with Crippen LogP contribution in [0.5, 0.6) is 0 Å². The molecule has 1 unspecified atom stereocenters. The lowest BCUT2D eigenvalue weighted by Crippen LogP contribution is -2.48. The first kappa shape index (κ1) is 18.0. The second-order valence-electron chi connectivity index (χ2n) is 6.59. The first-order valence-corrected chi connectivity index (χ1v) is 8.69. The number of amides is 2. The monoisotopic (exact) mass is 360 g/mol. The zero-order valence-corrected chi connectivity index (χ0v) is 14.0. The van der Waals surface area contributed by atoms with Crippen LogP contribution in [0.4, 0.5) is 18.0 Å². The van der Waals surface area contributed by atoms with Crippen molar-refractivity contribution < 1.29 is 22.7 Å². The predicted octanol–water partition coefficient (Wildman–Crippen LogP) is 2.82. The average Bonchev–Trinajstić information content (AvgIpc) is 2.95. The number of rotatable bonds is 2. The summed E-state index contributed by atoms with van der Waals surface area (Å²) in [6.07, 6.45) is 0.808. The SMILES string of the molecule is O=C(NC1CCCOCC1)N1CCC(n2ccc(C(F)(F)F)n2)CC1. The number of carbonyl (C=O) groups is 1. The molecule has 1 aromatic rings. The Morgan fingerprint density at radius 2 is 1.96 bits per heavy atom. The molecule has 0 bridgehead atoms. The number of hydrogen-bond acceptors (Lipinski definition) is 3. The third kappa shape index (κ3) is 4.65. The van der Waals surface area contributed by atoms with Crippen molar-refractivity contribution >= 4 is 6.03 Å². The summed E-state index contributed by atoms with van der Waals surface area (Å²) in [7, 11) is 0. The maximum Gasteiger partial charge on any atom is 0.435 e. The van der Waals surface area contributed by atoms with Crippen LogP contribution in [0.15, 0.2) is 12.3 Å². The number of nitrogens with zero attached hydrogens (tertiary/aromatic N) is 3. The van der Waals surface area contributed by atoms with Gasteiger partial charge in [0.25, 0.3) is 0 Å². The molecular formula is C16H23F3N4O2. The maximum atomic E-state index is 12.6. The van der Waals surface area contributed by atoms with Crippen LogP contribution in [0.3, 0.4) is 0 Å². The van der Waals surface area contributed by atoms with Crippen LogP contribution in [0, 0.1) is 0 Å². The van der Waals surface area contributed by atoms with Gasteiger partial charge in [0.15, 0.2) is 5.69 Å². The zero-order valence-electron chi connectivity index (χ0n) is 14.0. The van der Waals surface area contributed by atoms with E-state index in [0.29, 0.717) is 32.5 Å². The van der Waals surface area contributed by atoms with E-state index in [-0.39, 0.29) is 18.1 Å². The summed E-state index contributed by atoms with van der Waals surface area (Å²) in [6.45, 7) is 2.43. The highest BCUT2D eigenvalue weighted by atomic mass is 19.4. The number of carbonyl (C=O) groups excluding carboxylic acids is 1. The number of aromatic nitrogens is 2. The van der Waals surface area contributed by atoms with Crippen molar-refractivity contribution in [3.63, 3.8) is 0 Å². The normalized spacial score (nSPS) is 23.3. The number of urea groups is 1. The van der Waals surface area contributed by atoms with E-state index in [1.165, 1.54) is 10.9 Å². The van der Waals surface area contributed by atoms with Gasteiger partial charge in [-0.3, -0.25) is 4.68 Å². The number of ether oxygens (including phenoxy) is 1. The first-order valence-electron chi connectivity index (χ1n) is 8.69. The Labute approximate surface area is 144 Å². The molecule has 0 aromatic carbocycles. The van der Waals surface area contributed by atoms with Crippen molar-refractivity contribution in [2.45, 2.75) is 50.4 Å². The first-order chi connectivity index (χ1) is 11.9. The number of halogens is 3. The van der Waals surface area contributed by atoms with Crippen molar-refractivity contribution in [3.05, 3.63) is 18.0 Å². The average molecular weight is 360 g/mol. The standard InChI is InChI=1S/C16H23F3N4O2/c17-16(18,19)14-5-9-23(21-14)13-3-7-22(8-4-13)15(24)20-12-2-1-10-25-11-6-12/h5,9,12-13H,1-4,6-8,10-11H2,(H,20,24). The van der Waals surface area contributed by atoms with Crippen LogP contribution in [0.25, 0.3) is 0 Å². The summed E-state index contributed by atoms with van der Waals surface area (Å²) in [5.41, 5.74) is -0.872. The number of hydrogen-bond donors (Lipinski definition) is 1. The molecule has 0 aliphatic carbocycles. The molecule has 2 aliphatic heterocycles. The highest BCUT2D eigenvalue weighted by Crippen LogP contribution is 2.29. The van der Waals surface area contributed by atoms with E-state index in [2.05, 4.69) is 10.4 Å². The van der Waals surface area contributed by atoms with E-state index in [4.69, 9.17) is 4.74 Å². The van der Waals surface area contributed by atoms with Crippen molar-refractivity contribution in [2.75, 3.05) is 26.3 Å². The Bertz CT molecular complexity index is 574. The summed E-state index contributed by atoms with van der Waals surface area (Å²) in [4.78, 5) is 14.1. The van der Waals surface area contributed by atoms with E-state index in [9.17, 15) is 18.0 Å². The van der Waals surface area contributed by atoms with Gasteiger partial charge >= 0.3 is 12.2 Å². The number of piperidine rings is 1. The molecule has 2 amide bonds. The quantitative estimate of drug-likeness (QED) is 0.882. The Morgan fingerprint density at radius 1 is 1.20 bits per heavy atom. The highest BCUT2D eigenvalue weighted by Gasteiger charge is 2.34. The molecule has 0 saturated carbocycles. The van der Waals surface area contributed by atoms with E-state index in [0.717, 1.165) is 31.9 Å². The minimum Gasteiger partial charge on any atom is -0.381 e. The fraction of sp³-hybridized carbons (Fsp3) is 0.750. The van der Waals surface area contributed by atoms with E-state index < -0.39 is 11.9 Å². The molecule has 2 saturated heterocycles. The van der Waals surface area contributed by atoms with Crippen LogP contribution in [0.1, 0.15) is 43.8 Å². The fourth-order valence-electron chi connectivity index (χ4n) is 3.34. The molecule has 9 heteroatoms. The van der Waals surface area contributed by atoms with Gasteiger partial charge in [-0.2, -0.15) is 18.3 Å². The molecule has 140 valence electrons. The van der Waals surface area contributed by atoms with E-state index in [1.54, 1.807) is 4.90 Å². The summed E-state index contributed by atoms with van der Waals surface area (Å²) >= 11 is 0. The predicted molar refractivity (Wildman–Crippen MR) is 84.1 cm³/mol. The lowest BCUT2D eigenvalue weighted by molar-refractivity contribution is -0.141. The Balaban J connectivity index is 1.49. The fourth-order valence-corrected chi connectivity index (χ4v) is 3.34. The van der Waals surface area contributed by atoms with Gasteiger partial charge in [-0.15, -0.1) is 0 Å². The Kier molecular flexibility index (Phi) is 5.51. The lowest BCUT2D eigenvalue weighted by atomic mass is 10.1. The summed E-state index contributed by atoms with van der Waals surface area (Å²) in [5.74, 6) is 0. The zero-order chi connectivity index (χ0) is 17.9. The van der Waals surface area contributed by atoms with E-state index >= 15 is 0 Å². The molecule has 0 spiro atoms. The smallest absolute Gasteiger partial charge is 0.381 e. The minimum absolute atomic E-state index is 0.0956. The third-order valence-electron chi connectivity index (χ3n) is 4.80. The molecule has 2 aliphatic rings. The highest BCUT2D eigenvalue weighted by molar-refractivity contribution is 5.74. The second-order valence-corrected chi connectivity index (χ2v) is 6.59. The number of likely N-dealkylation sites (tertiary alicyclic amines) is 1. The van der Waals surface area contributed by atoms with Crippen LogP contribution in [0.2, 0.25) is 0 Å². The van der Waals surface area contributed by atoms with Gasteiger partial charge in [0.1, 0.15) is 0 Å². The van der Waals surface area contributed by atoms with Gasteiger partial charge in [-0.1, -0.05) is 0 Å². The molecule has 1 N–H and O–H groups in total. The Hall–Kier alpha value is -1.77. The van der Waals surface area contributed by atoms with Crippen LogP contribution in [-0.4, -0.2) is 53.1 Å². The largest absolute Gasteiger partial charge is 0.435 e. The topological polar surface area (TPSA) is 59.4 Å². The van der Waals surface area contributed by atoms with Gasteiger partial charge in [-0.05, 0) is 38.2 Å². The molecule has 1 aromatic heterocycles. The van der Waals surface area contributed by atoms with E-state index in [1.807, 2.05) is 0 Å². The molecule has 1 atom stereocenters. The summed E-state index contributed by atoms with van der Waals surface area (Å²) in [5, 5.41) is 6.68. The van der Waals surface area contributed by atoms with Gasteiger partial charge in [-0.25, -0.2) is 4.79 Å². The van der Waals surface area contributed by atoms with Gasteiger partial charge in [0.05, 0.1) is 6.04 Å². The van der Waals surface area contributed by atoms with Crippen molar-refractivity contribution in [1.82, 2.24) is 20.0 Å². The van der Waals surface area contributed by atoms with Crippen LogP contribution < -0.4 is 5.32 Å². The third-order valence-corrected chi connectivity index (χ3v) is 4.80. The van der Waals surface area contributed by atoms with Gasteiger partial charge in [0.2, 0.25) is 0 Å². The second kappa shape index (κ2) is 7.63. The molecule has 0 radical (unpaired) electrons. The van der Waals surface area contributed by atoms with Crippen LogP contribution in [-0.2, 0) is 10.9 Å². The Morgan fingerprint density at radius 3 is 2.64 bits per heavy atom. The minimum atomic E-state index is -4.42. The summed E-state index contributed by atoms with van der Waals surface area (Å²) in [6, 6.07) is 0.925. The molecule has 3 heterocycles. The van der Waals surface area contributed by atoms with Gasteiger partial charge in [0, 0.05) is 38.5 Å². The lowest BCUT2D eigenvalue weighted by Gasteiger charge is -2.33.